The molecule has 3 N–H and O–H groups in total. The zero-order chi connectivity index (χ0) is 21.6. The number of carbonyl (C=O) groups is 3. The molecule has 2 rings (SSSR count). The summed E-state index contributed by atoms with van der Waals surface area (Å²) in [5.41, 5.74) is 9.44. The van der Waals surface area contributed by atoms with Gasteiger partial charge in [0.1, 0.15) is 0 Å². The van der Waals surface area contributed by atoms with Gasteiger partial charge in [-0.05, 0) is 43.5 Å². The fraction of sp³-hybridized carbons (Fsp3) is 0.471. The first-order valence-corrected chi connectivity index (χ1v) is 10.4. The zero-order valence-electron chi connectivity index (χ0n) is 15.8. The fourth-order valence-corrected chi connectivity index (χ4v) is 3.47. The fourth-order valence-electron chi connectivity index (χ4n) is 2.77. The molecule has 2 amide bonds. The molecule has 1 heterocycles. The summed E-state index contributed by atoms with van der Waals surface area (Å²) in [6, 6.07) is 5.36. The third kappa shape index (κ3) is 6.06. The minimum atomic E-state index is -4.74. The maximum atomic E-state index is 11.8. The molecule has 0 aliphatic carbocycles. The van der Waals surface area contributed by atoms with Crippen LogP contribution in [0, 0.1) is 12.5 Å². The van der Waals surface area contributed by atoms with Crippen LogP contribution >= 0.6 is 0 Å². The Labute approximate surface area is 167 Å². The number of nitrogens with one attached hydrogen (secondary N) is 2. The lowest BCUT2D eigenvalue weighted by molar-refractivity contribution is -0.197. The highest BCUT2D eigenvalue weighted by molar-refractivity contribution is 7.87. The molecule has 0 bridgehead atoms. The number of nitrogens with zero attached hydrogens (tertiary/aromatic N) is 2. The van der Waals surface area contributed by atoms with Crippen molar-refractivity contribution in [3.8, 4) is 0 Å². The van der Waals surface area contributed by atoms with Gasteiger partial charge in [-0.3, -0.25) is 14.1 Å². The molecule has 11 nitrogen and oxygen atoms in total. The molecule has 1 fully saturated rings. The standard InChI is InChI=1S/C17H22N4O7S/c1-11-9-12(20-18)6-7-13(11)19-8-4-2-3-5-16(23)28-21-15(22)10-14(17(21)24)29(25,26)27/h6-7,9,14,18-19H,2-5,8,10H2,1H3,(H,25,26,27). The van der Waals surface area contributed by atoms with Crippen LogP contribution in [0.5, 0.6) is 0 Å². The van der Waals surface area contributed by atoms with E-state index >= 15 is 0 Å². The zero-order valence-corrected chi connectivity index (χ0v) is 16.6. The molecule has 158 valence electrons. The minimum absolute atomic E-state index is 0.0493. The summed E-state index contributed by atoms with van der Waals surface area (Å²) in [5.74, 6) is -3.09. The van der Waals surface area contributed by atoms with Gasteiger partial charge in [0.05, 0.1) is 12.1 Å². The number of rotatable bonds is 10. The number of hydrogen-bond acceptors (Lipinski definition) is 9. The van der Waals surface area contributed by atoms with E-state index in [2.05, 4.69) is 15.3 Å². The Balaban J connectivity index is 1.68. The summed E-state index contributed by atoms with van der Waals surface area (Å²) in [6.07, 6.45) is 1.08. The Hall–Kier alpha value is -2.86. The number of carbonyl (C=O) groups excluding carboxylic acids is 3. The van der Waals surface area contributed by atoms with Gasteiger partial charge in [-0.1, -0.05) is 6.42 Å². The molecule has 1 atom stereocenters. The molecule has 0 spiro atoms. The Morgan fingerprint density at radius 1 is 1.34 bits per heavy atom. The predicted molar refractivity (Wildman–Crippen MR) is 101 cm³/mol. The van der Waals surface area contributed by atoms with Crippen LogP contribution in [-0.4, -0.2) is 47.6 Å². The van der Waals surface area contributed by atoms with E-state index in [1.54, 1.807) is 12.1 Å². The molecule has 29 heavy (non-hydrogen) atoms. The second-order valence-corrected chi connectivity index (χ2v) is 8.14. The second kappa shape index (κ2) is 9.56. The van der Waals surface area contributed by atoms with Crippen LogP contribution in [0.3, 0.4) is 0 Å². The van der Waals surface area contributed by atoms with Crippen molar-refractivity contribution in [3.63, 3.8) is 0 Å². The number of amides is 2. The van der Waals surface area contributed by atoms with E-state index in [9.17, 15) is 22.8 Å². The number of unbranched alkanes of at least 4 members (excludes halogenated alkanes) is 2. The average molecular weight is 426 g/mol. The molecule has 1 aromatic carbocycles. The Morgan fingerprint density at radius 2 is 2.07 bits per heavy atom. The molecule has 1 aromatic rings. The second-order valence-electron chi connectivity index (χ2n) is 6.55. The van der Waals surface area contributed by atoms with Crippen LogP contribution in [0.15, 0.2) is 23.3 Å². The summed E-state index contributed by atoms with van der Waals surface area (Å²) in [5, 5.41) is 4.79. The van der Waals surface area contributed by atoms with Gasteiger partial charge in [-0.25, -0.2) is 10.3 Å². The lowest BCUT2D eigenvalue weighted by Crippen LogP contribution is -2.36. The molecule has 12 heteroatoms. The smallest absolute Gasteiger partial charge is 0.333 e. The number of benzene rings is 1. The number of anilines is 1. The quantitative estimate of drug-likeness (QED) is 0.221. The van der Waals surface area contributed by atoms with Crippen molar-refractivity contribution in [1.29, 1.82) is 5.53 Å². The van der Waals surface area contributed by atoms with E-state index in [0.717, 1.165) is 17.7 Å². The lowest BCUT2D eigenvalue weighted by atomic mass is 10.1. The van der Waals surface area contributed by atoms with Crippen LogP contribution in [0.2, 0.25) is 0 Å². The van der Waals surface area contributed by atoms with E-state index in [0.29, 0.717) is 25.1 Å². The van der Waals surface area contributed by atoms with E-state index in [-0.39, 0.29) is 11.5 Å². The van der Waals surface area contributed by atoms with Crippen LogP contribution < -0.4 is 5.32 Å². The summed E-state index contributed by atoms with van der Waals surface area (Å²) in [6.45, 7) is 2.56. The van der Waals surface area contributed by atoms with E-state index in [1.807, 2.05) is 13.0 Å². The number of hydroxylamine groups is 2. The van der Waals surface area contributed by atoms with Gasteiger partial charge < -0.3 is 10.2 Å². The molecular weight excluding hydrogens is 404 g/mol. The van der Waals surface area contributed by atoms with Crippen LogP contribution in [0.1, 0.15) is 37.7 Å². The topological polar surface area (TPSA) is 166 Å². The Morgan fingerprint density at radius 3 is 2.66 bits per heavy atom. The van der Waals surface area contributed by atoms with Crippen molar-refractivity contribution in [3.05, 3.63) is 23.8 Å². The Bertz CT molecular complexity index is 916. The average Bonchev–Trinajstić information content (AvgIpc) is 2.94. The van der Waals surface area contributed by atoms with Gasteiger partial charge in [0.15, 0.2) is 5.25 Å². The first-order chi connectivity index (χ1) is 13.6. The van der Waals surface area contributed by atoms with Gasteiger partial charge in [0.2, 0.25) is 0 Å². The Kier molecular flexibility index (Phi) is 7.40. The third-order valence-electron chi connectivity index (χ3n) is 4.33. The molecule has 1 saturated heterocycles. The SMILES string of the molecule is Cc1cc(N=N)ccc1NCCCCCC(=O)ON1C(=O)CC(S(=O)(=O)O)C1=O. The normalized spacial score (nSPS) is 16.8. The van der Waals surface area contributed by atoms with Gasteiger partial charge in [-0.2, -0.15) is 13.5 Å². The molecule has 1 aliphatic rings. The van der Waals surface area contributed by atoms with Crippen molar-refractivity contribution >= 4 is 39.3 Å². The summed E-state index contributed by atoms with van der Waals surface area (Å²) >= 11 is 0. The first kappa shape index (κ1) is 22.4. The molecule has 1 aliphatic heterocycles. The maximum absolute atomic E-state index is 11.8. The van der Waals surface area contributed by atoms with Crippen LogP contribution in [0.25, 0.3) is 0 Å². The summed E-state index contributed by atoms with van der Waals surface area (Å²) in [7, 11) is -4.74. The minimum Gasteiger partial charge on any atom is -0.385 e. The first-order valence-electron chi connectivity index (χ1n) is 8.89. The molecule has 1 unspecified atom stereocenters. The highest BCUT2D eigenvalue weighted by Crippen LogP contribution is 2.22. The van der Waals surface area contributed by atoms with Gasteiger partial charge in [-0.15, -0.1) is 5.06 Å². The van der Waals surface area contributed by atoms with Crippen LogP contribution in [0.4, 0.5) is 11.4 Å². The lowest BCUT2D eigenvalue weighted by Gasteiger charge is -2.13. The third-order valence-corrected chi connectivity index (χ3v) is 5.41. The van der Waals surface area contributed by atoms with E-state index in [1.165, 1.54) is 0 Å². The van der Waals surface area contributed by atoms with Crippen molar-refractivity contribution in [2.45, 2.75) is 44.3 Å². The van der Waals surface area contributed by atoms with Gasteiger partial charge in [0.25, 0.3) is 21.9 Å². The van der Waals surface area contributed by atoms with E-state index in [4.69, 9.17) is 10.1 Å². The number of imide groups is 1. The van der Waals surface area contributed by atoms with E-state index < -0.39 is 39.6 Å². The molecular formula is C17H22N4O7S. The highest BCUT2D eigenvalue weighted by atomic mass is 32.2. The van der Waals surface area contributed by atoms with Crippen molar-refractivity contribution in [2.75, 3.05) is 11.9 Å². The van der Waals surface area contributed by atoms with Crippen molar-refractivity contribution in [1.82, 2.24) is 5.06 Å². The number of aryl methyl sites for hydroxylation is 1. The van der Waals surface area contributed by atoms with Gasteiger partial charge in [0, 0.05) is 18.7 Å². The highest BCUT2D eigenvalue weighted by Gasteiger charge is 2.48. The molecule has 0 radical (unpaired) electrons. The van der Waals surface area contributed by atoms with Crippen molar-refractivity contribution < 1.29 is 32.2 Å². The molecule has 0 saturated carbocycles. The largest absolute Gasteiger partial charge is 0.385 e. The van der Waals surface area contributed by atoms with Crippen LogP contribution in [-0.2, 0) is 29.3 Å². The predicted octanol–water partition coefficient (Wildman–Crippen LogP) is 2.10. The van der Waals surface area contributed by atoms with Gasteiger partial charge >= 0.3 is 5.97 Å². The molecule has 0 aromatic heterocycles. The monoisotopic (exact) mass is 426 g/mol. The number of hydrogen-bond donors (Lipinski definition) is 3. The summed E-state index contributed by atoms with van der Waals surface area (Å²) < 4.78 is 31.0. The maximum Gasteiger partial charge on any atom is 0.333 e. The van der Waals surface area contributed by atoms with Crippen molar-refractivity contribution in [2.24, 2.45) is 5.11 Å². The summed E-state index contributed by atoms with van der Waals surface area (Å²) in [4.78, 5) is 39.8.